The molecule has 0 amide bonds. The maximum atomic E-state index is 9.61. The van der Waals surface area contributed by atoms with E-state index in [1.807, 2.05) is 12.1 Å². The predicted octanol–water partition coefficient (Wildman–Crippen LogP) is 2.72. The molecule has 1 fully saturated rings. The molecule has 3 nitrogen and oxygen atoms in total. The van der Waals surface area contributed by atoms with Crippen LogP contribution < -0.4 is 4.90 Å². The number of aliphatic hydroxyl groups excluding tert-OH is 1. The highest BCUT2D eigenvalue weighted by Gasteiger charge is 2.23. The first-order chi connectivity index (χ1) is 8.89. The van der Waals surface area contributed by atoms with Crippen molar-refractivity contribution in [3.05, 3.63) is 29.3 Å². The number of aliphatic hydroxyl groups is 1. The molecule has 1 atom stereocenters. The average Bonchev–Trinajstić information content (AvgIpc) is 2.73. The summed E-state index contributed by atoms with van der Waals surface area (Å²) >= 11 is 0. The molecule has 0 aromatic heterocycles. The quantitative estimate of drug-likeness (QED) is 0.887. The maximum absolute atomic E-state index is 9.61. The van der Waals surface area contributed by atoms with Crippen LogP contribution in [0.2, 0.25) is 0 Å². The summed E-state index contributed by atoms with van der Waals surface area (Å²) in [4.78, 5) is 2.10. The third kappa shape index (κ3) is 3.48. The van der Waals surface area contributed by atoms with E-state index in [4.69, 9.17) is 0 Å². The van der Waals surface area contributed by atoms with E-state index < -0.39 is 0 Å². The van der Waals surface area contributed by atoms with E-state index in [0.29, 0.717) is 6.54 Å². The first-order valence-electron chi connectivity index (χ1n) is 6.85. The lowest BCUT2D eigenvalue weighted by Crippen LogP contribution is -2.22. The Morgan fingerprint density at radius 2 is 2.16 bits per heavy atom. The van der Waals surface area contributed by atoms with Crippen LogP contribution in [0.15, 0.2) is 18.2 Å². The third-order valence-corrected chi connectivity index (χ3v) is 3.42. The molecular weight excluding hydrogens is 236 g/mol. The standard InChI is InChI=1S/C16H22N2O/c1-16(2,3)9-12-4-5-15(13(8-12)10-17)18-7-6-14(19)11-18/h4-5,8,14,19H,6-7,9,11H2,1-3H3. The van der Waals surface area contributed by atoms with Gasteiger partial charge in [-0.25, -0.2) is 0 Å². The molecule has 3 heteroatoms. The molecule has 1 N–H and O–H groups in total. The normalized spacial score (nSPS) is 19.5. The highest BCUT2D eigenvalue weighted by molar-refractivity contribution is 5.61. The molecule has 0 aliphatic carbocycles. The Kier molecular flexibility index (Phi) is 3.82. The summed E-state index contributed by atoms with van der Waals surface area (Å²) in [5.74, 6) is 0. The highest BCUT2D eigenvalue weighted by Crippen LogP contribution is 2.28. The van der Waals surface area contributed by atoms with Crippen molar-refractivity contribution in [2.24, 2.45) is 5.41 Å². The Morgan fingerprint density at radius 1 is 1.42 bits per heavy atom. The Balaban J connectivity index is 2.25. The zero-order valence-corrected chi connectivity index (χ0v) is 12.0. The minimum absolute atomic E-state index is 0.220. The highest BCUT2D eigenvalue weighted by atomic mass is 16.3. The van der Waals surface area contributed by atoms with Crippen LogP contribution in [0.4, 0.5) is 5.69 Å². The van der Waals surface area contributed by atoms with Crippen LogP contribution in [0.25, 0.3) is 0 Å². The molecule has 1 unspecified atom stereocenters. The Bertz CT molecular complexity index is 496. The van der Waals surface area contributed by atoms with Crippen LogP contribution in [0.5, 0.6) is 0 Å². The van der Waals surface area contributed by atoms with Crippen molar-refractivity contribution >= 4 is 5.69 Å². The lowest BCUT2D eigenvalue weighted by molar-refractivity contribution is 0.198. The van der Waals surface area contributed by atoms with Gasteiger partial charge in [0.25, 0.3) is 0 Å². The second-order valence-corrected chi connectivity index (χ2v) is 6.59. The van der Waals surface area contributed by atoms with Gasteiger partial charge in [0.05, 0.1) is 17.4 Å². The van der Waals surface area contributed by atoms with Crippen LogP contribution in [-0.4, -0.2) is 24.3 Å². The Labute approximate surface area is 115 Å². The first kappa shape index (κ1) is 13.9. The molecule has 1 saturated heterocycles. The average molecular weight is 258 g/mol. The molecule has 0 radical (unpaired) electrons. The summed E-state index contributed by atoms with van der Waals surface area (Å²) in [5, 5.41) is 18.9. The Hall–Kier alpha value is -1.53. The van der Waals surface area contributed by atoms with Gasteiger partial charge in [0.15, 0.2) is 0 Å². The summed E-state index contributed by atoms with van der Waals surface area (Å²) in [6.45, 7) is 8.05. The largest absolute Gasteiger partial charge is 0.391 e. The fourth-order valence-corrected chi connectivity index (χ4v) is 2.63. The van der Waals surface area contributed by atoms with Crippen molar-refractivity contribution < 1.29 is 5.11 Å². The number of rotatable bonds is 2. The number of nitriles is 1. The molecule has 0 bridgehead atoms. The molecule has 1 aromatic rings. The zero-order chi connectivity index (χ0) is 14.0. The van der Waals surface area contributed by atoms with Crippen LogP contribution in [0, 0.1) is 16.7 Å². The molecular formula is C16H22N2O. The van der Waals surface area contributed by atoms with Crippen molar-refractivity contribution in [2.45, 2.75) is 39.7 Å². The van der Waals surface area contributed by atoms with Crippen LogP contribution in [0.1, 0.15) is 38.3 Å². The number of hydrogen-bond acceptors (Lipinski definition) is 3. The maximum Gasteiger partial charge on any atom is 0.101 e. The molecule has 102 valence electrons. The van der Waals surface area contributed by atoms with Crippen molar-refractivity contribution in [3.63, 3.8) is 0 Å². The summed E-state index contributed by atoms with van der Waals surface area (Å²) in [6, 6.07) is 8.41. The lowest BCUT2D eigenvalue weighted by Gasteiger charge is -2.22. The predicted molar refractivity (Wildman–Crippen MR) is 77.2 cm³/mol. The van der Waals surface area contributed by atoms with Crippen LogP contribution in [0.3, 0.4) is 0 Å². The van der Waals surface area contributed by atoms with Gasteiger partial charge in [-0.2, -0.15) is 5.26 Å². The van der Waals surface area contributed by atoms with E-state index in [1.54, 1.807) is 0 Å². The molecule has 0 spiro atoms. The monoisotopic (exact) mass is 258 g/mol. The molecule has 0 saturated carbocycles. The summed E-state index contributed by atoms with van der Waals surface area (Å²) < 4.78 is 0. The van der Waals surface area contributed by atoms with Crippen molar-refractivity contribution in [2.75, 3.05) is 18.0 Å². The molecule has 19 heavy (non-hydrogen) atoms. The number of hydrogen-bond donors (Lipinski definition) is 1. The number of nitrogens with zero attached hydrogens (tertiary/aromatic N) is 2. The van der Waals surface area contributed by atoms with Crippen molar-refractivity contribution in [1.29, 1.82) is 5.26 Å². The van der Waals surface area contributed by atoms with Gasteiger partial charge in [-0.3, -0.25) is 0 Å². The van der Waals surface area contributed by atoms with Crippen LogP contribution in [-0.2, 0) is 6.42 Å². The number of benzene rings is 1. The van der Waals surface area contributed by atoms with E-state index in [1.165, 1.54) is 5.56 Å². The molecule has 1 aromatic carbocycles. The SMILES string of the molecule is CC(C)(C)Cc1ccc(N2CCC(O)C2)c(C#N)c1. The van der Waals surface area contributed by atoms with Gasteiger partial charge in [-0.05, 0) is 36.0 Å². The summed E-state index contributed by atoms with van der Waals surface area (Å²) in [7, 11) is 0. The number of β-amino-alcohol motifs (C(OH)–C–C–N with tert-alkyl or cyclic N) is 1. The van der Waals surface area contributed by atoms with Gasteiger partial charge in [0, 0.05) is 13.1 Å². The molecule has 2 rings (SSSR count). The third-order valence-electron chi connectivity index (χ3n) is 3.42. The van der Waals surface area contributed by atoms with E-state index in [0.717, 1.165) is 30.6 Å². The van der Waals surface area contributed by atoms with Gasteiger partial charge < -0.3 is 10.0 Å². The van der Waals surface area contributed by atoms with E-state index >= 15 is 0 Å². The lowest BCUT2D eigenvalue weighted by atomic mass is 9.87. The van der Waals surface area contributed by atoms with Gasteiger partial charge in [-0.15, -0.1) is 0 Å². The smallest absolute Gasteiger partial charge is 0.101 e. The van der Waals surface area contributed by atoms with Crippen LogP contribution >= 0.6 is 0 Å². The molecule has 1 aliphatic heterocycles. The second-order valence-electron chi connectivity index (χ2n) is 6.59. The van der Waals surface area contributed by atoms with Gasteiger partial charge in [0.2, 0.25) is 0 Å². The fraction of sp³-hybridized carbons (Fsp3) is 0.562. The summed E-state index contributed by atoms with van der Waals surface area (Å²) in [5.41, 5.74) is 3.10. The molecule has 1 heterocycles. The first-order valence-corrected chi connectivity index (χ1v) is 6.85. The minimum Gasteiger partial charge on any atom is -0.391 e. The van der Waals surface area contributed by atoms with Crippen molar-refractivity contribution in [1.82, 2.24) is 0 Å². The summed E-state index contributed by atoms with van der Waals surface area (Å²) in [6.07, 6.45) is 1.49. The van der Waals surface area contributed by atoms with Gasteiger partial charge >= 0.3 is 0 Å². The second kappa shape index (κ2) is 5.22. The Morgan fingerprint density at radius 3 is 2.68 bits per heavy atom. The fourth-order valence-electron chi connectivity index (χ4n) is 2.63. The zero-order valence-electron chi connectivity index (χ0n) is 12.0. The van der Waals surface area contributed by atoms with E-state index in [9.17, 15) is 10.4 Å². The van der Waals surface area contributed by atoms with Gasteiger partial charge in [0.1, 0.15) is 6.07 Å². The van der Waals surface area contributed by atoms with E-state index in [2.05, 4.69) is 37.8 Å². The van der Waals surface area contributed by atoms with Crippen molar-refractivity contribution in [3.8, 4) is 6.07 Å². The van der Waals surface area contributed by atoms with Gasteiger partial charge in [-0.1, -0.05) is 26.8 Å². The molecule has 1 aliphatic rings. The topological polar surface area (TPSA) is 47.3 Å². The van der Waals surface area contributed by atoms with E-state index in [-0.39, 0.29) is 11.5 Å². The number of anilines is 1. The minimum atomic E-state index is -0.263.